The second kappa shape index (κ2) is 6.33. The highest BCUT2D eigenvalue weighted by Gasteiger charge is 2.26. The van der Waals surface area contributed by atoms with Crippen molar-refractivity contribution in [3.05, 3.63) is 41.3 Å². The molecule has 0 radical (unpaired) electrons. The van der Waals surface area contributed by atoms with Crippen molar-refractivity contribution in [2.75, 3.05) is 32.8 Å². The lowest BCUT2D eigenvalue weighted by molar-refractivity contribution is -0.134. The molecule has 6 nitrogen and oxygen atoms in total. The molecule has 0 atom stereocenters. The molecular weight excluding hydrogens is 325 g/mol. The summed E-state index contributed by atoms with van der Waals surface area (Å²) in [7, 11) is 0. The van der Waals surface area contributed by atoms with Gasteiger partial charge in [-0.1, -0.05) is 6.08 Å². The summed E-state index contributed by atoms with van der Waals surface area (Å²) in [5.74, 6) is -0.643. The number of rotatable bonds is 2. The number of H-pyrrole nitrogens is 1. The zero-order chi connectivity index (χ0) is 17.4. The maximum absolute atomic E-state index is 13.7. The molecule has 2 amide bonds. The number of nitrogens with zero attached hydrogens (tertiary/aromatic N) is 1. The number of aromatic amines is 1. The summed E-state index contributed by atoms with van der Waals surface area (Å²) in [5.41, 5.74) is 2.40. The second-order valence-electron chi connectivity index (χ2n) is 6.17. The predicted octanol–water partition coefficient (Wildman–Crippen LogP) is 1.68. The van der Waals surface area contributed by atoms with E-state index in [1.54, 1.807) is 11.0 Å². The minimum Gasteiger partial charge on any atom is -0.378 e. The Bertz CT molecular complexity index is 881. The number of benzene rings is 1. The Morgan fingerprint density at radius 1 is 1.28 bits per heavy atom. The number of ether oxygens (including phenoxy) is 1. The second-order valence-corrected chi connectivity index (χ2v) is 6.17. The molecule has 4 rings (SSSR count). The number of hydrogen-bond donors (Lipinski definition) is 2. The van der Waals surface area contributed by atoms with Crippen LogP contribution in [-0.4, -0.2) is 54.5 Å². The molecular formula is C18H18FN3O3. The van der Waals surface area contributed by atoms with Crippen molar-refractivity contribution in [2.24, 2.45) is 0 Å². The molecule has 0 unspecified atom stereocenters. The van der Waals surface area contributed by atoms with Gasteiger partial charge >= 0.3 is 0 Å². The lowest BCUT2D eigenvalue weighted by Gasteiger charge is -2.27. The first kappa shape index (κ1) is 15.8. The molecule has 2 N–H and O–H groups in total. The Morgan fingerprint density at radius 2 is 2.08 bits per heavy atom. The van der Waals surface area contributed by atoms with Gasteiger partial charge in [0.2, 0.25) is 5.91 Å². The van der Waals surface area contributed by atoms with Gasteiger partial charge in [0.25, 0.3) is 5.91 Å². The summed E-state index contributed by atoms with van der Waals surface area (Å²) in [6, 6.07) is 4.35. The monoisotopic (exact) mass is 343 g/mol. The number of aromatic nitrogens is 1. The quantitative estimate of drug-likeness (QED) is 0.871. The highest BCUT2D eigenvalue weighted by molar-refractivity contribution is 6.09. The molecule has 0 bridgehead atoms. The summed E-state index contributed by atoms with van der Waals surface area (Å²) in [5, 5.41) is 3.39. The third-order valence-electron chi connectivity index (χ3n) is 4.63. The maximum atomic E-state index is 13.7. The van der Waals surface area contributed by atoms with Crippen LogP contribution in [0.4, 0.5) is 4.39 Å². The minimum atomic E-state index is -0.377. The van der Waals surface area contributed by atoms with E-state index in [9.17, 15) is 14.0 Å². The predicted molar refractivity (Wildman–Crippen MR) is 90.6 cm³/mol. The number of morpholine rings is 1. The van der Waals surface area contributed by atoms with Crippen LogP contribution in [0.1, 0.15) is 22.5 Å². The summed E-state index contributed by atoms with van der Waals surface area (Å²) in [6.45, 7) is 2.55. The van der Waals surface area contributed by atoms with E-state index in [1.807, 2.05) is 6.08 Å². The average Bonchev–Trinajstić information content (AvgIpc) is 2.92. The van der Waals surface area contributed by atoms with Crippen LogP contribution < -0.4 is 5.32 Å². The van der Waals surface area contributed by atoms with E-state index in [4.69, 9.17) is 4.74 Å². The van der Waals surface area contributed by atoms with Crippen LogP contribution >= 0.6 is 0 Å². The first-order valence-corrected chi connectivity index (χ1v) is 8.28. The number of fused-ring (bicyclic) bond motifs is 3. The number of nitrogens with one attached hydrogen (secondary N) is 2. The van der Waals surface area contributed by atoms with E-state index in [1.165, 1.54) is 12.1 Å². The third-order valence-corrected chi connectivity index (χ3v) is 4.63. The smallest absolute Gasteiger partial charge is 0.268 e. The molecule has 3 heterocycles. The molecule has 2 aliphatic heterocycles. The molecule has 7 heteroatoms. The van der Waals surface area contributed by atoms with Gasteiger partial charge in [-0.25, -0.2) is 4.39 Å². The number of amides is 2. The largest absolute Gasteiger partial charge is 0.378 e. The molecule has 0 aliphatic carbocycles. The van der Waals surface area contributed by atoms with Crippen LogP contribution in [0.25, 0.3) is 16.5 Å². The Hall–Kier alpha value is -2.67. The van der Waals surface area contributed by atoms with Gasteiger partial charge in [0.15, 0.2) is 0 Å². The highest BCUT2D eigenvalue weighted by Crippen LogP contribution is 2.33. The molecule has 1 saturated heterocycles. The lowest BCUT2D eigenvalue weighted by atomic mass is 9.98. The van der Waals surface area contributed by atoms with Gasteiger partial charge in [-0.05, 0) is 23.8 Å². The fourth-order valence-electron chi connectivity index (χ4n) is 3.37. The first-order valence-electron chi connectivity index (χ1n) is 8.28. The van der Waals surface area contributed by atoms with Crippen molar-refractivity contribution >= 4 is 28.3 Å². The highest BCUT2D eigenvalue weighted by atomic mass is 19.1. The topological polar surface area (TPSA) is 74.4 Å². The van der Waals surface area contributed by atoms with Gasteiger partial charge in [-0.15, -0.1) is 0 Å². The van der Waals surface area contributed by atoms with Crippen molar-refractivity contribution in [3.63, 3.8) is 0 Å². The zero-order valence-electron chi connectivity index (χ0n) is 13.6. The molecule has 25 heavy (non-hydrogen) atoms. The van der Waals surface area contributed by atoms with Gasteiger partial charge < -0.3 is 19.9 Å². The number of hydrogen-bond acceptors (Lipinski definition) is 3. The maximum Gasteiger partial charge on any atom is 0.268 e. The zero-order valence-corrected chi connectivity index (χ0v) is 13.6. The number of halogens is 1. The number of carbonyl (C=O) groups excluding carboxylic acids is 2. The van der Waals surface area contributed by atoms with Crippen molar-refractivity contribution in [2.45, 2.75) is 6.42 Å². The molecule has 130 valence electrons. The molecule has 2 aromatic rings. The van der Waals surface area contributed by atoms with Gasteiger partial charge in [0.1, 0.15) is 11.5 Å². The SMILES string of the molecule is O=C1NCC=C(CC(=O)N2CCOCC2)c2c1[nH]c1ccc(F)cc21. The minimum absolute atomic E-state index is 0.0133. The molecule has 2 aliphatic rings. The van der Waals surface area contributed by atoms with Gasteiger partial charge in [0, 0.05) is 36.1 Å². The summed E-state index contributed by atoms with van der Waals surface area (Å²) in [6.07, 6.45) is 2.01. The Labute approximate surface area is 143 Å². The van der Waals surface area contributed by atoms with Crippen LogP contribution in [-0.2, 0) is 9.53 Å². The fraction of sp³-hybridized carbons (Fsp3) is 0.333. The molecule has 1 aromatic heterocycles. The van der Waals surface area contributed by atoms with E-state index in [0.717, 1.165) is 5.57 Å². The van der Waals surface area contributed by atoms with Crippen molar-refractivity contribution < 1.29 is 18.7 Å². The molecule has 0 spiro atoms. The van der Waals surface area contributed by atoms with E-state index in [2.05, 4.69) is 10.3 Å². The Balaban J connectivity index is 1.73. The average molecular weight is 343 g/mol. The summed E-state index contributed by atoms with van der Waals surface area (Å²) in [4.78, 5) is 29.8. The van der Waals surface area contributed by atoms with E-state index >= 15 is 0 Å². The fourth-order valence-corrected chi connectivity index (χ4v) is 3.37. The third kappa shape index (κ3) is 2.91. The Kier molecular flexibility index (Phi) is 4.01. The van der Waals surface area contributed by atoms with Gasteiger partial charge in [0.05, 0.1) is 19.6 Å². The first-order chi connectivity index (χ1) is 12.1. The van der Waals surface area contributed by atoms with Crippen molar-refractivity contribution in [1.82, 2.24) is 15.2 Å². The van der Waals surface area contributed by atoms with Crippen LogP contribution in [0.2, 0.25) is 0 Å². The molecule has 1 aromatic carbocycles. The normalized spacial score (nSPS) is 17.7. The molecule has 0 saturated carbocycles. The van der Waals surface area contributed by atoms with Crippen molar-refractivity contribution in [3.8, 4) is 0 Å². The van der Waals surface area contributed by atoms with E-state index in [-0.39, 0.29) is 24.1 Å². The summed E-state index contributed by atoms with van der Waals surface area (Å²) < 4.78 is 19.0. The van der Waals surface area contributed by atoms with Crippen molar-refractivity contribution in [1.29, 1.82) is 0 Å². The Morgan fingerprint density at radius 3 is 2.88 bits per heavy atom. The standard InChI is InChI=1S/C18H18FN3O3/c19-12-1-2-14-13(10-12)16-11(3-4-20-18(24)17(16)21-14)9-15(23)22-5-7-25-8-6-22/h1-3,10,21H,4-9H2,(H,20,24). The summed E-state index contributed by atoms with van der Waals surface area (Å²) >= 11 is 0. The van der Waals surface area contributed by atoms with Crippen LogP contribution in [0.5, 0.6) is 0 Å². The van der Waals surface area contributed by atoms with Crippen LogP contribution in [0.15, 0.2) is 24.3 Å². The van der Waals surface area contributed by atoms with E-state index in [0.29, 0.717) is 55.0 Å². The van der Waals surface area contributed by atoms with Crippen LogP contribution in [0.3, 0.4) is 0 Å². The van der Waals surface area contributed by atoms with Crippen LogP contribution in [0, 0.1) is 5.82 Å². The lowest BCUT2D eigenvalue weighted by Crippen LogP contribution is -2.40. The van der Waals surface area contributed by atoms with E-state index < -0.39 is 0 Å². The molecule has 1 fully saturated rings. The van der Waals surface area contributed by atoms with Gasteiger partial charge in [-0.2, -0.15) is 0 Å². The number of carbonyl (C=O) groups is 2. The van der Waals surface area contributed by atoms with Gasteiger partial charge in [-0.3, -0.25) is 9.59 Å².